The van der Waals surface area contributed by atoms with E-state index in [1.165, 1.54) is 0 Å². The van der Waals surface area contributed by atoms with Crippen LogP contribution < -0.4 is 15.2 Å². The van der Waals surface area contributed by atoms with Gasteiger partial charge in [0.2, 0.25) is 0 Å². The van der Waals surface area contributed by atoms with Crippen molar-refractivity contribution in [3.63, 3.8) is 0 Å². The summed E-state index contributed by atoms with van der Waals surface area (Å²) < 4.78 is 10.5. The molecule has 2 rings (SSSR count). The second-order valence-corrected chi connectivity index (χ2v) is 4.10. The van der Waals surface area contributed by atoms with E-state index in [0.717, 1.165) is 24.2 Å². The normalized spacial score (nSPS) is 10.5. The third kappa shape index (κ3) is 3.23. The highest BCUT2D eigenvalue weighted by atomic mass is 16.5. The maximum atomic E-state index is 5.47. The average Bonchev–Trinajstić information content (AvgIpc) is 2.93. The molecule has 0 fully saturated rings. The number of hydrogen-bond donors (Lipinski definition) is 2. The van der Waals surface area contributed by atoms with Crippen molar-refractivity contribution in [1.29, 1.82) is 0 Å². The minimum absolute atomic E-state index is 0.629. The number of hydrogen-bond acceptors (Lipinski definition) is 5. The number of ether oxygens (including phenoxy) is 2. The Labute approximate surface area is 111 Å². The van der Waals surface area contributed by atoms with Crippen LogP contribution in [0.2, 0.25) is 0 Å². The zero-order valence-electron chi connectivity index (χ0n) is 11.1. The van der Waals surface area contributed by atoms with Gasteiger partial charge in [-0.1, -0.05) is 0 Å². The summed E-state index contributed by atoms with van der Waals surface area (Å²) in [5, 5.41) is 7.12. The molecule has 0 unspecified atom stereocenters. The fraction of sp³-hybridized carbons (Fsp3) is 0.385. The summed E-state index contributed by atoms with van der Waals surface area (Å²) in [6.45, 7) is 0.642. The van der Waals surface area contributed by atoms with E-state index in [1.807, 2.05) is 18.2 Å². The number of aryl methyl sites for hydroxylation is 1. The van der Waals surface area contributed by atoms with Crippen LogP contribution in [-0.4, -0.2) is 35.9 Å². The molecule has 1 aromatic carbocycles. The van der Waals surface area contributed by atoms with Crippen LogP contribution in [0.25, 0.3) is 11.4 Å². The van der Waals surface area contributed by atoms with E-state index in [4.69, 9.17) is 15.2 Å². The quantitative estimate of drug-likeness (QED) is 0.821. The van der Waals surface area contributed by atoms with E-state index in [9.17, 15) is 0 Å². The van der Waals surface area contributed by atoms with Gasteiger partial charge < -0.3 is 15.2 Å². The van der Waals surface area contributed by atoms with Gasteiger partial charge in [-0.25, -0.2) is 4.98 Å². The molecule has 0 aliphatic rings. The molecule has 6 nitrogen and oxygen atoms in total. The number of aromatic nitrogens is 3. The molecule has 0 saturated carbocycles. The molecule has 1 aromatic heterocycles. The molecular weight excluding hydrogens is 244 g/mol. The Hall–Kier alpha value is -2.08. The van der Waals surface area contributed by atoms with E-state index in [1.54, 1.807) is 14.2 Å². The van der Waals surface area contributed by atoms with Gasteiger partial charge in [-0.3, -0.25) is 5.10 Å². The van der Waals surface area contributed by atoms with E-state index in [2.05, 4.69) is 15.2 Å². The number of nitrogens with two attached hydrogens (primary N) is 1. The minimum Gasteiger partial charge on any atom is -0.497 e. The van der Waals surface area contributed by atoms with Gasteiger partial charge in [0.25, 0.3) is 0 Å². The molecule has 3 N–H and O–H groups in total. The van der Waals surface area contributed by atoms with Gasteiger partial charge in [-0.05, 0) is 25.1 Å². The monoisotopic (exact) mass is 262 g/mol. The summed E-state index contributed by atoms with van der Waals surface area (Å²) in [5.41, 5.74) is 6.33. The van der Waals surface area contributed by atoms with Crippen LogP contribution in [0.5, 0.6) is 11.5 Å². The Morgan fingerprint density at radius 1 is 1.16 bits per heavy atom. The van der Waals surface area contributed by atoms with Crippen LogP contribution in [0.3, 0.4) is 0 Å². The van der Waals surface area contributed by atoms with Gasteiger partial charge in [0.15, 0.2) is 5.82 Å². The SMILES string of the molecule is COc1cc(OC)cc(-c2n[nH]c(CCCN)n2)c1. The summed E-state index contributed by atoms with van der Waals surface area (Å²) in [5.74, 6) is 2.89. The lowest BCUT2D eigenvalue weighted by molar-refractivity contribution is 0.394. The highest BCUT2D eigenvalue weighted by Gasteiger charge is 2.09. The van der Waals surface area contributed by atoms with Crippen LogP contribution in [0.15, 0.2) is 18.2 Å². The van der Waals surface area contributed by atoms with E-state index in [0.29, 0.717) is 23.9 Å². The Kier molecular flexibility index (Phi) is 4.35. The van der Waals surface area contributed by atoms with Crippen LogP contribution in [0.4, 0.5) is 0 Å². The highest BCUT2D eigenvalue weighted by Crippen LogP contribution is 2.27. The minimum atomic E-state index is 0.629. The number of aromatic amines is 1. The molecule has 0 spiro atoms. The number of rotatable bonds is 6. The fourth-order valence-electron chi connectivity index (χ4n) is 1.74. The number of nitrogens with zero attached hydrogens (tertiary/aromatic N) is 2. The van der Waals surface area contributed by atoms with Crippen molar-refractivity contribution in [2.24, 2.45) is 5.73 Å². The van der Waals surface area contributed by atoms with Gasteiger partial charge in [-0.2, -0.15) is 5.10 Å². The Balaban J connectivity index is 2.27. The lowest BCUT2D eigenvalue weighted by Crippen LogP contribution is -2.01. The summed E-state index contributed by atoms with van der Waals surface area (Å²) in [4.78, 5) is 4.44. The van der Waals surface area contributed by atoms with Crippen LogP contribution >= 0.6 is 0 Å². The zero-order valence-corrected chi connectivity index (χ0v) is 11.1. The number of benzene rings is 1. The first-order valence-electron chi connectivity index (χ1n) is 6.11. The summed E-state index contributed by atoms with van der Waals surface area (Å²) >= 11 is 0. The predicted molar refractivity (Wildman–Crippen MR) is 72.3 cm³/mol. The van der Waals surface area contributed by atoms with E-state index >= 15 is 0 Å². The highest BCUT2D eigenvalue weighted by molar-refractivity contribution is 5.60. The van der Waals surface area contributed by atoms with Crippen LogP contribution in [0.1, 0.15) is 12.2 Å². The molecule has 0 bridgehead atoms. The maximum absolute atomic E-state index is 5.47. The molecule has 0 saturated heterocycles. The second-order valence-electron chi connectivity index (χ2n) is 4.10. The van der Waals surface area contributed by atoms with Crippen LogP contribution in [0, 0.1) is 0 Å². The largest absolute Gasteiger partial charge is 0.497 e. The summed E-state index contributed by atoms with van der Waals surface area (Å²) in [7, 11) is 3.23. The van der Waals surface area contributed by atoms with Crippen molar-refractivity contribution >= 4 is 0 Å². The van der Waals surface area contributed by atoms with E-state index < -0.39 is 0 Å². The molecule has 0 aliphatic heterocycles. The van der Waals surface area contributed by atoms with Gasteiger partial charge in [0, 0.05) is 18.1 Å². The first-order valence-corrected chi connectivity index (χ1v) is 6.11. The third-order valence-electron chi connectivity index (χ3n) is 2.76. The molecule has 0 amide bonds. The van der Waals surface area contributed by atoms with Gasteiger partial charge in [0.1, 0.15) is 17.3 Å². The number of H-pyrrole nitrogens is 1. The topological polar surface area (TPSA) is 86.0 Å². The van der Waals surface area contributed by atoms with Gasteiger partial charge in [-0.15, -0.1) is 0 Å². The molecule has 19 heavy (non-hydrogen) atoms. The molecule has 0 atom stereocenters. The first-order chi connectivity index (χ1) is 9.26. The van der Waals surface area contributed by atoms with Crippen molar-refractivity contribution in [3.05, 3.63) is 24.0 Å². The number of methoxy groups -OCH3 is 2. The Morgan fingerprint density at radius 3 is 2.42 bits per heavy atom. The first kappa shape index (κ1) is 13.4. The van der Waals surface area contributed by atoms with Crippen molar-refractivity contribution in [2.75, 3.05) is 20.8 Å². The van der Waals surface area contributed by atoms with Crippen molar-refractivity contribution < 1.29 is 9.47 Å². The lowest BCUT2D eigenvalue weighted by Gasteiger charge is -2.06. The van der Waals surface area contributed by atoms with Crippen molar-refractivity contribution in [3.8, 4) is 22.9 Å². The molecule has 1 heterocycles. The van der Waals surface area contributed by atoms with Gasteiger partial charge in [0.05, 0.1) is 14.2 Å². The van der Waals surface area contributed by atoms with E-state index in [-0.39, 0.29) is 0 Å². The Bertz CT molecular complexity index is 517. The molecule has 6 heteroatoms. The summed E-state index contributed by atoms with van der Waals surface area (Å²) in [6, 6.07) is 5.56. The second kappa shape index (κ2) is 6.19. The average molecular weight is 262 g/mol. The molecule has 102 valence electrons. The summed E-state index contributed by atoms with van der Waals surface area (Å²) in [6.07, 6.45) is 1.68. The number of nitrogens with one attached hydrogen (secondary N) is 1. The lowest BCUT2D eigenvalue weighted by atomic mass is 10.2. The molecule has 0 aliphatic carbocycles. The standard InChI is InChI=1S/C13H18N4O2/c1-18-10-6-9(7-11(8-10)19-2)13-15-12(16-17-13)4-3-5-14/h6-8H,3-5,14H2,1-2H3,(H,15,16,17). The fourth-order valence-corrected chi connectivity index (χ4v) is 1.74. The molecular formula is C13H18N4O2. The van der Waals surface area contributed by atoms with Crippen LogP contribution in [-0.2, 0) is 6.42 Å². The smallest absolute Gasteiger partial charge is 0.181 e. The van der Waals surface area contributed by atoms with Crippen molar-refractivity contribution in [1.82, 2.24) is 15.2 Å². The van der Waals surface area contributed by atoms with Crippen molar-refractivity contribution in [2.45, 2.75) is 12.8 Å². The molecule has 2 aromatic rings. The molecule has 0 radical (unpaired) electrons. The Morgan fingerprint density at radius 2 is 1.84 bits per heavy atom. The predicted octanol–water partition coefficient (Wildman–Crippen LogP) is 1.38. The third-order valence-corrected chi connectivity index (χ3v) is 2.76. The zero-order chi connectivity index (χ0) is 13.7. The van der Waals surface area contributed by atoms with Gasteiger partial charge >= 0.3 is 0 Å². The maximum Gasteiger partial charge on any atom is 0.181 e.